The minimum absolute atomic E-state index is 0.309. The fourth-order valence-corrected chi connectivity index (χ4v) is 2.49. The Morgan fingerprint density at radius 1 is 1.19 bits per heavy atom. The molecule has 2 aromatic heterocycles. The molecule has 0 saturated heterocycles. The van der Waals surface area contributed by atoms with Crippen LogP contribution < -0.4 is 5.32 Å². The second-order valence-corrected chi connectivity index (χ2v) is 7.09. The zero-order valence-electron chi connectivity index (χ0n) is 15.5. The number of carbonyl (C=O) groups is 1. The van der Waals surface area contributed by atoms with E-state index in [1.807, 2.05) is 57.2 Å². The smallest absolute Gasteiger partial charge is 0.408 e. The third-order valence-corrected chi connectivity index (χ3v) is 3.63. The summed E-state index contributed by atoms with van der Waals surface area (Å²) in [7, 11) is 0. The molecule has 3 rings (SSSR count). The number of hydrogen-bond donors (Lipinski definition) is 1. The Kier molecular flexibility index (Phi) is 5.49. The summed E-state index contributed by atoms with van der Waals surface area (Å²) in [5.74, 6) is 0.728. The molecule has 3 aromatic rings. The maximum atomic E-state index is 12.3. The van der Waals surface area contributed by atoms with Crippen molar-refractivity contribution in [2.45, 2.75) is 38.8 Å². The number of alkyl carbamates (subject to hydrolysis) is 1. The number of rotatable bonds is 5. The Hall–Kier alpha value is -3.22. The van der Waals surface area contributed by atoms with Gasteiger partial charge in [-0.3, -0.25) is 4.98 Å². The first-order valence-electron chi connectivity index (χ1n) is 8.68. The molecule has 0 bridgehead atoms. The molecule has 1 aromatic carbocycles. The van der Waals surface area contributed by atoms with Crippen molar-refractivity contribution in [2.75, 3.05) is 0 Å². The highest BCUT2D eigenvalue weighted by Crippen LogP contribution is 2.21. The summed E-state index contributed by atoms with van der Waals surface area (Å²) >= 11 is 0. The van der Waals surface area contributed by atoms with Crippen LogP contribution in [0.2, 0.25) is 0 Å². The Morgan fingerprint density at radius 3 is 2.63 bits per heavy atom. The van der Waals surface area contributed by atoms with Crippen LogP contribution in [0.15, 0.2) is 59.4 Å². The highest BCUT2D eigenvalue weighted by Gasteiger charge is 2.25. The van der Waals surface area contributed by atoms with Crippen LogP contribution in [0.3, 0.4) is 0 Å². The molecule has 1 amide bonds. The summed E-state index contributed by atoms with van der Waals surface area (Å²) in [6.45, 7) is 5.43. The van der Waals surface area contributed by atoms with E-state index in [2.05, 4.69) is 20.4 Å². The number of carbonyl (C=O) groups excluding carboxylic acids is 1. The Labute approximate surface area is 157 Å². The summed E-state index contributed by atoms with van der Waals surface area (Å²) in [5.41, 5.74) is 1.17. The van der Waals surface area contributed by atoms with Crippen molar-refractivity contribution in [2.24, 2.45) is 0 Å². The molecule has 0 radical (unpaired) electrons. The molecule has 27 heavy (non-hydrogen) atoms. The average molecular weight is 366 g/mol. The lowest BCUT2D eigenvalue weighted by Gasteiger charge is -2.22. The van der Waals surface area contributed by atoms with Gasteiger partial charge in [-0.05, 0) is 38.5 Å². The van der Waals surface area contributed by atoms with Gasteiger partial charge in [0.25, 0.3) is 0 Å². The fourth-order valence-electron chi connectivity index (χ4n) is 2.49. The van der Waals surface area contributed by atoms with Gasteiger partial charge in [-0.15, -0.1) is 0 Å². The number of nitrogens with one attached hydrogen (secondary N) is 1. The van der Waals surface area contributed by atoms with E-state index < -0.39 is 17.7 Å². The van der Waals surface area contributed by atoms with Crippen molar-refractivity contribution < 1.29 is 14.1 Å². The molecule has 1 N–H and O–H groups in total. The summed E-state index contributed by atoms with van der Waals surface area (Å²) in [5, 5.41) is 6.84. The van der Waals surface area contributed by atoms with Crippen LogP contribution in [0, 0.1) is 0 Å². The van der Waals surface area contributed by atoms with Gasteiger partial charge in [-0.2, -0.15) is 4.98 Å². The van der Waals surface area contributed by atoms with Crippen molar-refractivity contribution in [3.05, 3.63) is 66.3 Å². The molecule has 2 heterocycles. The van der Waals surface area contributed by atoms with E-state index >= 15 is 0 Å². The minimum Gasteiger partial charge on any atom is -0.444 e. The molecule has 1 unspecified atom stereocenters. The first-order valence-corrected chi connectivity index (χ1v) is 8.68. The van der Waals surface area contributed by atoms with Gasteiger partial charge in [-0.25, -0.2) is 4.79 Å². The molecule has 0 fully saturated rings. The van der Waals surface area contributed by atoms with Crippen LogP contribution in [0.4, 0.5) is 4.79 Å². The van der Waals surface area contributed by atoms with E-state index in [4.69, 9.17) is 9.26 Å². The third-order valence-electron chi connectivity index (χ3n) is 3.63. The number of pyridine rings is 1. The number of amides is 1. The molecule has 1 atom stereocenters. The Morgan fingerprint density at radius 2 is 1.96 bits per heavy atom. The van der Waals surface area contributed by atoms with E-state index in [-0.39, 0.29) is 0 Å². The molecule has 0 aliphatic rings. The van der Waals surface area contributed by atoms with Crippen molar-refractivity contribution in [1.29, 1.82) is 0 Å². The highest BCUT2D eigenvalue weighted by atomic mass is 16.6. The standard InChI is InChI=1S/C20H22N4O3/c1-20(2,3)26-19(25)22-16(12-14-8-5-4-6-9-14)18-23-17(24-27-18)15-10-7-11-21-13-15/h4-11,13,16H,12H2,1-3H3,(H,22,25). The van der Waals surface area contributed by atoms with Gasteiger partial charge in [0.1, 0.15) is 11.6 Å². The van der Waals surface area contributed by atoms with Crippen molar-refractivity contribution in [1.82, 2.24) is 20.4 Å². The molecule has 0 aliphatic carbocycles. The number of aromatic nitrogens is 3. The van der Waals surface area contributed by atoms with Crippen LogP contribution in [0.25, 0.3) is 11.4 Å². The fraction of sp³-hybridized carbons (Fsp3) is 0.300. The lowest BCUT2D eigenvalue weighted by molar-refractivity contribution is 0.0493. The summed E-state index contributed by atoms with van der Waals surface area (Å²) in [6.07, 6.45) is 3.29. The van der Waals surface area contributed by atoms with E-state index in [1.165, 1.54) is 0 Å². The second-order valence-electron chi connectivity index (χ2n) is 7.09. The number of nitrogens with zero attached hydrogens (tertiary/aromatic N) is 3. The van der Waals surface area contributed by atoms with Crippen LogP contribution in [-0.2, 0) is 11.2 Å². The van der Waals surface area contributed by atoms with Gasteiger partial charge >= 0.3 is 6.09 Å². The molecule has 7 heteroatoms. The van der Waals surface area contributed by atoms with Crippen LogP contribution in [0.1, 0.15) is 38.3 Å². The molecule has 0 aliphatic heterocycles. The van der Waals surface area contributed by atoms with Gasteiger partial charge in [-0.1, -0.05) is 35.5 Å². The van der Waals surface area contributed by atoms with E-state index in [9.17, 15) is 4.79 Å². The van der Waals surface area contributed by atoms with Crippen LogP contribution in [0.5, 0.6) is 0 Å². The average Bonchev–Trinajstić information content (AvgIpc) is 3.11. The minimum atomic E-state index is -0.600. The zero-order chi connectivity index (χ0) is 19.3. The molecule has 140 valence electrons. The topological polar surface area (TPSA) is 90.1 Å². The van der Waals surface area contributed by atoms with Gasteiger partial charge in [0.15, 0.2) is 0 Å². The lowest BCUT2D eigenvalue weighted by Crippen LogP contribution is -2.36. The predicted octanol–water partition coefficient (Wildman–Crippen LogP) is 3.94. The first kappa shape index (κ1) is 18.6. The Balaban J connectivity index is 1.83. The molecular weight excluding hydrogens is 344 g/mol. The number of benzene rings is 1. The van der Waals surface area contributed by atoms with Gasteiger partial charge in [0, 0.05) is 24.4 Å². The van der Waals surface area contributed by atoms with E-state index in [1.54, 1.807) is 18.5 Å². The monoisotopic (exact) mass is 366 g/mol. The third kappa shape index (κ3) is 5.37. The van der Waals surface area contributed by atoms with Gasteiger partial charge < -0.3 is 14.6 Å². The van der Waals surface area contributed by atoms with Crippen molar-refractivity contribution in [3.8, 4) is 11.4 Å². The van der Waals surface area contributed by atoms with Gasteiger partial charge in [0.2, 0.25) is 11.7 Å². The normalized spacial score (nSPS) is 12.4. The van der Waals surface area contributed by atoms with Crippen molar-refractivity contribution in [3.63, 3.8) is 0 Å². The largest absolute Gasteiger partial charge is 0.444 e. The number of ether oxygens (including phenoxy) is 1. The first-order chi connectivity index (χ1) is 12.9. The summed E-state index contributed by atoms with van der Waals surface area (Å²) in [6, 6.07) is 12.9. The zero-order valence-corrected chi connectivity index (χ0v) is 15.5. The van der Waals surface area contributed by atoms with Crippen LogP contribution in [-0.4, -0.2) is 26.8 Å². The van der Waals surface area contributed by atoms with Gasteiger partial charge in [0.05, 0.1) is 0 Å². The lowest BCUT2D eigenvalue weighted by atomic mass is 10.1. The predicted molar refractivity (Wildman–Crippen MR) is 99.8 cm³/mol. The molecule has 0 saturated carbocycles. The van der Waals surface area contributed by atoms with Crippen molar-refractivity contribution >= 4 is 6.09 Å². The van der Waals surface area contributed by atoms with E-state index in [0.717, 1.165) is 11.1 Å². The summed E-state index contributed by atoms with van der Waals surface area (Å²) in [4.78, 5) is 20.8. The maximum Gasteiger partial charge on any atom is 0.408 e. The Bertz CT molecular complexity index is 873. The quantitative estimate of drug-likeness (QED) is 0.735. The second kappa shape index (κ2) is 7.99. The number of hydrogen-bond acceptors (Lipinski definition) is 6. The SMILES string of the molecule is CC(C)(C)OC(=O)NC(Cc1ccccc1)c1nc(-c2cccnc2)no1. The summed E-state index contributed by atoms with van der Waals surface area (Å²) < 4.78 is 10.8. The van der Waals surface area contributed by atoms with Crippen LogP contribution >= 0.6 is 0 Å². The molecular formula is C20H22N4O3. The molecule has 7 nitrogen and oxygen atoms in total. The highest BCUT2D eigenvalue weighted by molar-refractivity contribution is 5.68. The molecule has 0 spiro atoms. The van der Waals surface area contributed by atoms with E-state index in [0.29, 0.717) is 18.1 Å². The maximum absolute atomic E-state index is 12.3.